The summed E-state index contributed by atoms with van der Waals surface area (Å²) in [6.45, 7) is 0. The van der Waals surface area contributed by atoms with Gasteiger partial charge in [-0.15, -0.1) is 0 Å². The molecule has 0 saturated heterocycles. The first-order chi connectivity index (χ1) is 11.1. The number of nitrogens with one attached hydrogen (secondary N) is 1. The van der Waals surface area contributed by atoms with Gasteiger partial charge in [0.2, 0.25) is 12.0 Å². The SMILES string of the molecule is CNC(=O)OC(c1nc2cc(Cl)ccc2o1)c1ccccc1Cl. The van der Waals surface area contributed by atoms with Crippen LogP contribution >= 0.6 is 23.2 Å². The lowest BCUT2D eigenvalue weighted by Crippen LogP contribution is -2.22. The molecule has 0 bridgehead atoms. The average molecular weight is 351 g/mol. The number of hydrogen-bond donors (Lipinski definition) is 1. The molecule has 0 radical (unpaired) electrons. The van der Waals surface area contributed by atoms with Crippen molar-refractivity contribution >= 4 is 40.4 Å². The Morgan fingerprint density at radius 2 is 2.04 bits per heavy atom. The summed E-state index contributed by atoms with van der Waals surface area (Å²) in [5, 5.41) is 3.39. The fourth-order valence-corrected chi connectivity index (χ4v) is 2.53. The largest absolute Gasteiger partial charge is 0.436 e. The summed E-state index contributed by atoms with van der Waals surface area (Å²) in [7, 11) is 1.47. The van der Waals surface area contributed by atoms with Gasteiger partial charge in [-0.1, -0.05) is 41.4 Å². The van der Waals surface area contributed by atoms with Crippen molar-refractivity contribution in [2.75, 3.05) is 7.05 Å². The highest BCUT2D eigenvalue weighted by atomic mass is 35.5. The zero-order valence-corrected chi connectivity index (χ0v) is 13.6. The highest BCUT2D eigenvalue weighted by Gasteiger charge is 2.26. The van der Waals surface area contributed by atoms with Crippen LogP contribution in [0.2, 0.25) is 10.0 Å². The van der Waals surface area contributed by atoms with Crippen LogP contribution in [0, 0.1) is 0 Å². The van der Waals surface area contributed by atoms with Crippen LogP contribution in [0.25, 0.3) is 11.1 Å². The number of halogens is 2. The molecule has 1 atom stereocenters. The first-order valence-electron chi connectivity index (χ1n) is 6.77. The zero-order chi connectivity index (χ0) is 16.4. The molecule has 1 aromatic heterocycles. The maximum absolute atomic E-state index is 11.7. The van der Waals surface area contributed by atoms with Gasteiger partial charge in [0.1, 0.15) is 5.52 Å². The monoisotopic (exact) mass is 350 g/mol. The number of fused-ring (bicyclic) bond motifs is 1. The molecule has 118 valence electrons. The molecule has 0 spiro atoms. The van der Waals surface area contributed by atoms with E-state index in [1.54, 1.807) is 42.5 Å². The van der Waals surface area contributed by atoms with Crippen molar-refractivity contribution in [3.05, 3.63) is 64.0 Å². The third kappa shape index (κ3) is 3.25. The van der Waals surface area contributed by atoms with Crippen LogP contribution in [-0.4, -0.2) is 18.1 Å². The van der Waals surface area contributed by atoms with Gasteiger partial charge in [-0.2, -0.15) is 0 Å². The Balaban J connectivity index is 2.09. The van der Waals surface area contributed by atoms with Crippen LogP contribution < -0.4 is 5.32 Å². The van der Waals surface area contributed by atoms with E-state index in [-0.39, 0.29) is 5.89 Å². The second-order valence-electron chi connectivity index (χ2n) is 4.72. The highest BCUT2D eigenvalue weighted by molar-refractivity contribution is 6.31. The standard InChI is InChI=1S/C16H12Cl2N2O3/c1-19-16(21)23-14(10-4-2-3-5-11(10)18)15-20-12-8-9(17)6-7-13(12)22-15/h2-8,14H,1H3,(H,19,21). The van der Waals surface area contributed by atoms with Gasteiger partial charge in [-0.05, 0) is 24.3 Å². The fourth-order valence-electron chi connectivity index (χ4n) is 2.13. The van der Waals surface area contributed by atoms with Gasteiger partial charge in [-0.25, -0.2) is 9.78 Å². The predicted octanol–water partition coefficient (Wildman–Crippen LogP) is 4.58. The van der Waals surface area contributed by atoms with E-state index in [0.717, 1.165) is 0 Å². The lowest BCUT2D eigenvalue weighted by molar-refractivity contribution is 0.105. The molecule has 0 fully saturated rings. The number of oxazole rings is 1. The van der Waals surface area contributed by atoms with Crippen molar-refractivity contribution in [1.29, 1.82) is 0 Å². The summed E-state index contributed by atoms with van der Waals surface area (Å²) in [6, 6.07) is 12.1. The van der Waals surface area contributed by atoms with E-state index in [2.05, 4.69) is 10.3 Å². The number of hydrogen-bond acceptors (Lipinski definition) is 4. The topological polar surface area (TPSA) is 64.4 Å². The van der Waals surface area contributed by atoms with Crippen molar-refractivity contribution < 1.29 is 13.9 Å². The van der Waals surface area contributed by atoms with Gasteiger partial charge in [0, 0.05) is 22.7 Å². The number of aromatic nitrogens is 1. The molecule has 0 saturated carbocycles. The lowest BCUT2D eigenvalue weighted by Gasteiger charge is -2.15. The van der Waals surface area contributed by atoms with Crippen LogP contribution in [0.15, 0.2) is 46.9 Å². The number of carbonyl (C=O) groups is 1. The first kappa shape index (κ1) is 15.6. The van der Waals surface area contributed by atoms with Crippen LogP contribution in [-0.2, 0) is 4.74 Å². The normalized spacial score (nSPS) is 12.1. The second-order valence-corrected chi connectivity index (χ2v) is 5.56. The molecule has 0 aliphatic rings. The maximum atomic E-state index is 11.7. The van der Waals surface area contributed by atoms with Crippen molar-refractivity contribution in [2.45, 2.75) is 6.10 Å². The third-order valence-corrected chi connectivity index (χ3v) is 3.79. The fraction of sp³-hybridized carbons (Fsp3) is 0.125. The van der Waals surface area contributed by atoms with Gasteiger partial charge in [0.05, 0.1) is 0 Å². The summed E-state index contributed by atoms with van der Waals surface area (Å²) in [5.41, 5.74) is 1.70. The van der Waals surface area contributed by atoms with Gasteiger partial charge in [0.15, 0.2) is 5.58 Å². The molecule has 1 unspecified atom stereocenters. The molecule has 2 aromatic carbocycles. The molecular weight excluding hydrogens is 339 g/mol. The van der Waals surface area contributed by atoms with E-state index in [0.29, 0.717) is 26.7 Å². The molecule has 3 rings (SSSR count). The number of rotatable bonds is 3. The molecule has 0 aliphatic heterocycles. The number of alkyl carbamates (subject to hydrolysis) is 1. The molecule has 3 aromatic rings. The van der Waals surface area contributed by atoms with Gasteiger partial charge in [-0.3, -0.25) is 0 Å². The van der Waals surface area contributed by atoms with Crippen LogP contribution in [0.1, 0.15) is 17.6 Å². The Bertz CT molecular complexity index is 863. The zero-order valence-electron chi connectivity index (χ0n) is 12.0. The molecule has 1 amide bonds. The molecule has 1 heterocycles. The van der Waals surface area contributed by atoms with E-state index in [1.165, 1.54) is 7.05 Å². The van der Waals surface area contributed by atoms with Crippen LogP contribution in [0.3, 0.4) is 0 Å². The number of amides is 1. The summed E-state index contributed by atoms with van der Waals surface area (Å²) in [6.07, 6.45) is -1.48. The Kier molecular flexibility index (Phi) is 4.41. The molecule has 1 N–H and O–H groups in total. The van der Waals surface area contributed by atoms with E-state index < -0.39 is 12.2 Å². The molecule has 5 nitrogen and oxygen atoms in total. The molecule has 7 heteroatoms. The number of carbonyl (C=O) groups excluding carboxylic acids is 1. The van der Waals surface area contributed by atoms with E-state index in [9.17, 15) is 4.79 Å². The summed E-state index contributed by atoms with van der Waals surface area (Å²) in [5.74, 6) is 0.221. The average Bonchev–Trinajstić information content (AvgIpc) is 2.96. The van der Waals surface area contributed by atoms with Crippen molar-refractivity contribution in [2.24, 2.45) is 0 Å². The van der Waals surface area contributed by atoms with E-state index >= 15 is 0 Å². The quantitative estimate of drug-likeness (QED) is 0.750. The highest BCUT2D eigenvalue weighted by Crippen LogP contribution is 2.33. The number of benzene rings is 2. The third-order valence-electron chi connectivity index (χ3n) is 3.21. The van der Waals surface area contributed by atoms with Gasteiger partial charge in [0.25, 0.3) is 0 Å². The van der Waals surface area contributed by atoms with E-state index in [1.807, 2.05) is 0 Å². The van der Waals surface area contributed by atoms with Gasteiger partial charge >= 0.3 is 6.09 Å². The van der Waals surface area contributed by atoms with Crippen molar-refractivity contribution in [3.8, 4) is 0 Å². The summed E-state index contributed by atoms with van der Waals surface area (Å²) in [4.78, 5) is 16.0. The molecule has 23 heavy (non-hydrogen) atoms. The second kappa shape index (κ2) is 6.48. The minimum Gasteiger partial charge on any atom is -0.436 e. The van der Waals surface area contributed by atoms with Crippen molar-refractivity contribution in [3.63, 3.8) is 0 Å². The Hall–Kier alpha value is -2.24. The Morgan fingerprint density at radius 1 is 1.26 bits per heavy atom. The molecular formula is C16H12Cl2N2O3. The lowest BCUT2D eigenvalue weighted by atomic mass is 10.1. The Labute approximate surface area is 142 Å². The Morgan fingerprint density at radius 3 is 2.78 bits per heavy atom. The summed E-state index contributed by atoms with van der Waals surface area (Å²) < 4.78 is 11.1. The predicted molar refractivity (Wildman–Crippen MR) is 87.9 cm³/mol. The summed E-state index contributed by atoms with van der Waals surface area (Å²) >= 11 is 12.2. The maximum Gasteiger partial charge on any atom is 0.408 e. The van der Waals surface area contributed by atoms with Crippen LogP contribution in [0.5, 0.6) is 0 Å². The number of nitrogens with zero attached hydrogens (tertiary/aromatic N) is 1. The van der Waals surface area contributed by atoms with E-state index in [4.69, 9.17) is 32.4 Å². The minimum atomic E-state index is -0.866. The number of ether oxygens (including phenoxy) is 1. The van der Waals surface area contributed by atoms with Crippen LogP contribution in [0.4, 0.5) is 4.79 Å². The minimum absolute atomic E-state index is 0.221. The smallest absolute Gasteiger partial charge is 0.408 e. The molecule has 0 aliphatic carbocycles. The van der Waals surface area contributed by atoms with Gasteiger partial charge < -0.3 is 14.5 Å². The first-order valence-corrected chi connectivity index (χ1v) is 7.53. The van der Waals surface area contributed by atoms with Crippen molar-refractivity contribution in [1.82, 2.24) is 10.3 Å².